The highest BCUT2D eigenvalue weighted by molar-refractivity contribution is 5.91. The van der Waals surface area contributed by atoms with Crippen LogP contribution < -0.4 is 9.47 Å². The van der Waals surface area contributed by atoms with Gasteiger partial charge in [0, 0.05) is 5.56 Å². The third-order valence-electron chi connectivity index (χ3n) is 3.81. The minimum absolute atomic E-state index is 0.215. The Kier molecular flexibility index (Phi) is 4.42. The number of aryl methyl sites for hydroxylation is 1. The molecule has 2 aromatic rings. The summed E-state index contributed by atoms with van der Waals surface area (Å²) in [5, 5.41) is 0. The molecule has 0 saturated heterocycles. The number of hydrogen-bond donors (Lipinski definition) is 0. The number of hydrogen-bond acceptors (Lipinski definition) is 4. The summed E-state index contributed by atoms with van der Waals surface area (Å²) in [6.45, 7) is 2.15. The van der Waals surface area contributed by atoms with Gasteiger partial charge in [0.15, 0.2) is 0 Å². The van der Waals surface area contributed by atoms with E-state index in [2.05, 4.69) is 6.92 Å². The topological polar surface area (TPSA) is 52.6 Å². The third kappa shape index (κ3) is 3.59. The van der Waals surface area contributed by atoms with Crippen LogP contribution in [0.1, 0.15) is 41.3 Å². The second kappa shape index (κ2) is 6.65. The van der Waals surface area contributed by atoms with Gasteiger partial charge in [-0.15, -0.1) is 0 Å². The summed E-state index contributed by atoms with van der Waals surface area (Å²) < 4.78 is 10.4. The Morgan fingerprint density at radius 2 is 1.96 bits per heavy atom. The normalized spacial score (nSPS) is 12.7. The van der Waals surface area contributed by atoms with E-state index in [9.17, 15) is 9.59 Å². The van der Waals surface area contributed by atoms with Gasteiger partial charge in [-0.25, -0.2) is 4.79 Å². The van der Waals surface area contributed by atoms with Crippen molar-refractivity contribution < 1.29 is 19.1 Å². The molecule has 1 aliphatic rings. The molecule has 0 spiro atoms. The Labute approximate surface area is 135 Å². The molecule has 4 heteroatoms. The van der Waals surface area contributed by atoms with Crippen molar-refractivity contribution in [3.63, 3.8) is 0 Å². The number of esters is 2. The highest BCUT2D eigenvalue weighted by atomic mass is 16.5. The lowest BCUT2D eigenvalue weighted by Gasteiger charge is -2.06. The third-order valence-corrected chi connectivity index (χ3v) is 3.81. The minimum Gasteiger partial charge on any atom is -0.426 e. The Hall–Kier alpha value is -2.62. The number of carbonyl (C=O) groups excluding carboxylic acids is 2. The van der Waals surface area contributed by atoms with Crippen LogP contribution in [0, 0.1) is 0 Å². The predicted molar refractivity (Wildman–Crippen MR) is 85.8 cm³/mol. The number of benzene rings is 2. The van der Waals surface area contributed by atoms with E-state index in [0.29, 0.717) is 17.1 Å². The Balaban J connectivity index is 1.67. The lowest BCUT2D eigenvalue weighted by atomic mass is 10.1. The predicted octanol–water partition coefficient (Wildman–Crippen LogP) is 3.71. The summed E-state index contributed by atoms with van der Waals surface area (Å²) >= 11 is 0. The largest absolute Gasteiger partial charge is 0.426 e. The number of rotatable bonds is 5. The molecule has 0 atom stereocenters. The van der Waals surface area contributed by atoms with Crippen molar-refractivity contribution in [3.05, 3.63) is 59.2 Å². The fourth-order valence-corrected chi connectivity index (χ4v) is 2.53. The molecule has 0 fully saturated rings. The summed E-state index contributed by atoms with van der Waals surface area (Å²) in [4.78, 5) is 23.4. The van der Waals surface area contributed by atoms with Gasteiger partial charge in [-0.05, 0) is 48.7 Å². The quantitative estimate of drug-likeness (QED) is 0.624. The molecule has 0 amide bonds. The van der Waals surface area contributed by atoms with Crippen molar-refractivity contribution in [2.45, 2.75) is 32.6 Å². The second-order valence-electron chi connectivity index (χ2n) is 5.61. The van der Waals surface area contributed by atoms with Crippen molar-refractivity contribution in [1.82, 2.24) is 0 Å². The number of unbranched alkanes of at least 4 members (excludes halogenated alkanes) is 1. The monoisotopic (exact) mass is 310 g/mol. The van der Waals surface area contributed by atoms with Gasteiger partial charge >= 0.3 is 11.9 Å². The molecular weight excluding hydrogens is 292 g/mol. The van der Waals surface area contributed by atoms with Crippen LogP contribution in [-0.2, 0) is 17.6 Å². The number of fused-ring (bicyclic) bond motifs is 1. The van der Waals surface area contributed by atoms with Crippen LogP contribution in [0.4, 0.5) is 0 Å². The molecule has 118 valence electrons. The fourth-order valence-electron chi connectivity index (χ4n) is 2.53. The molecule has 0 unspecified atom stereocenters. The van der Waals surface area contributed by atoms with Gasteiger partial charge in [0.2, 0.25) is 0 Å². The Morgan fingerprint density at radius 3 is 2.70 bits per heavy atom. The molecule has 2 aromatic carbocycles. The molecule has 0 saturated carbocycles. The average Bonchev–Trinajstić information content (AvgIpc) is 2.92. The first-order valence-corrected chi connectivity index (χ1v) is 7.80. The molecular formula is C19H18O4. The summed E-state index contributed by atoms with van der Waals surface area (Å²) in [7, 11) is 0. The molecule has 1 heterocycles. The van der Waals surface area contributed by atoms with E-state index in [1.54, 1.807) is 30.3 Å². The van der Waals surface area contributed by atoms with Crippen molar-refractivity contribution >= 4 is 11.9 Å². The standard InChI is InChI=1S/C19H18O4/c1-2-3-4-13-5-7-14(8-6-13)19(21)22-16-9-10-17-15(11-16)12-18(20)23-17/h5-11H,2-4,12H2,1H3. The van der Waals surface area contributed by atoms with Gasteiger partial charge in [0.05, 0.1) is 12.0 Å². The first-order chi connectivity index (χ1) is 11.2. The van der Waals surface area contributed by atoms with Crippen LogP contribution >= 0.6 is 0 Å². The zero-order valence-corrected chi connectivity index (χ0v) is 13.0. The van der Waals surface area contributed by atoms with Crippen molar-refractivity contribution in [3.8, 4) is 11.5 Å². The van der Waals surface area contributed by atoms with E-state index in [1.807, 2.05) is 12.1 Å². The van der Waals surface area contributed by atoms with Crippen molar-refractivity contribution in [2.24, 2.45) is 0 Å². The fraction of sp³-hybridized carbons (Fsp3) is 0.263. The zero-order chi connectivity index (χ0) is 16.2. The van der Waals surface area contributed by atoms with E-state index >= 15 is 0 Å². The lowest BCUT2D eigenvalue weighted by molar-refractivity contribution is -0.131. The van der Waals surface area contributed by atoms with E-state index in [4.69, 9.17) is 9.47 Å². The van der Waals surface area contributed by atoms with Crippen LogP contribution in [0.5, 0.6) is 11.5 Å². The highest BCUT2D eigenvalue weighted by Crippen LogP contribution is 2.29. The molecule has 0 bridgehead atoms. The van der Waals surface area contributed by atoms with Crippen molar-refractivity contribution in [2.75, 3.05) is 0 Å². The van der Waals surface area contributed by atoms with Gasteiger partial charge in [0.25, 0.3) is 0 Å². The van der Waals surface area contributed by atoms with E-state index in [1.165, 1.54) is 5.56 Å². The molecule has 1 aliphatic heterocycles. The molecule has 0 radical (unpaired) electrons. The van der Waals surface area contributed by atoms with Crippen LogP contribution in [0.3, 0.4) is 0 Å². The summed E-state index contributed by atoms with van der Waals surface area (Å²) in [5.74, 6) is 0.264. The summed E-state index contributed by atoms with van der Waals surface area (Å²) in [5.41, 5.74) is 2.48. The van der Waals surface area contributed by atoms with Crippen LogP contribution in [0.2, 0.25) is 0 Å². The van der Waals surface area contributed by atoms with Crippen LogP contribution in [0.15, 0.2) is 42.5 Å². The summed E-state index contributed by atoms with van der Waals surface area (Å²) in [6, 6.07) is 12.4. The molecule has 4 nitrogen and oxygen atoms in total. The maximum Gasteiger partial charge on any atom is 0.343 e. The second-order valence-corrected chi connectivity index (χ2v) is 5.61. The van der Waals surface area contributed by atoms with E-state index in [-0.39, 0.29) is 12.4 Å². The molecule has 0 N–H and O–H groups in total. The maximum absolute atomic E-state index is 12.2. The van der Waals surface area contributed by atoms with Crippen molar-refractivity contribution in [1.29, 1.82) is 0 Å². The zero-order valence-electron chi connectivity index (χ0n) is 13.0. The first-order valence-electron chi connectivity index (χ1n) is 7.80. The van der Waals surface area contributed by atoms with E-state index < -0.39 is 5.97 Å². The lowest BCUT2D eigenvalue weighted by Crippen LogP contribution is -2.08. The van der Waals surface area contributed by atoms with Gasteiger partial charge < -0.3 is 9.47 Å². The van der Waals surface area contributed by atoms with E-state index in [0.717, 1.165) is 24.8 Å². The Morgan fingerprint density at radius 1 is 1.17 bits per heavy atom. The molecule has 23 heavy (non-hydrogen) atoms. The molecule has 3 rings (SSSR count). The number of carbonyl (C=O) groups is 2. The number of ether oxygens (including phenoxy) is 2. The smallest absolute Gasteiger partial charge is 0.343 e. The molecule has 0 aliphatic carbocycles. The van der Waals surface area contributed by atoms with Gasteiger partial charge in [-0.1, -0.05) is 25.5 Å². The first kappa shape index (κ1) is 15.3. The minimum atomic E-state index is -0.405. The van der Waals surface area contributed by atoms with Gasteiger partial charge in [0.1, 0.15) is 11.5 Å². The summed E-state index contributed by atoms with van der Waals surface area (Å²) in [6.07, 6.45) is 3.52. The van der Waals surface area contributed by atoms with Crippen LogP contribution in [0.25, 0.3) is 0 Å². The Bertz CT molecular complexity index is 732. The van der Waals surface area contributed by atoms with Gasteiger partial charge in [-0.2, -0.15) is 0 Å². The highest BCUT2D eigenvalue weighted by Gasteiger charge is 2.21. The SMILES string of the molecule is CCCCc1ccc(C(=O)Oc2ccc3c(c2)CC(=O)O3)cc1. The maximum atomic E-state index is 12.2. The van der Waals surface area contributed by atoms with Crippen LogP contribution in [-0.4, -0.2) is 11.9 Å². The molecule has 0 aromatic heterocycles. The average molecular weight is 310 g/mol. The van der Waals surface area contributed by atoms with Gasteiger partial charge in [-0.3, -0.25) is 4.79 Å².